The third kappa shape index (κ3) is 8.56. The molecular formula is C29H37N3O2. The predicted octanol–water partition coefficient (Wildman–Crippen LogP) is 5.95. The van der Waals surface area contributed by atoms with E-state index >= 15 is 0 Å². The molecule has 5 nitrogen and oxygen atoms in total. The van der Waals surface area contributed by atoms with Gasteiger partial charge in [0, 0.05) is 13.1 Å². The Labute approximate surface area is 203 Å². The van der Waals surface area contributed by atoms with E-state index in [-0.39, 0.29) is 0 Å². The van der Waals surface area contributed by atoms with Gasteiger partial charge in [-0.15, -0.1) is 0 Å². The fourth-order valence-electron chi connectivity index (χ4n) is 3.87. The fourth-order valence-corrected chi connectivity index (χ4v) is 3.87. The Bertz CT molecular complexity index is 1020. The molecule has 0 saturated carbocycles. The molecule has 0 spiro atoms. The molecule has 0 unspecified atom stereocenters. The van der Waals surface area contributed by atoms with Crippen LogP contribution in [-0.2, 0) is 19.4 Å². The van der Waals surface area contributed by atoms with Gasteiger partial charge >= 0.3 is 6.03 Å². The normalized spacial score (nSPS) is 10.9. The van der Waals surface area contributed by atoms with Crippen LogP contribution >= 0.6 is 0 Å². The molecule has 0 fully saturated rings. The quantitative estimate of drug-likeness (QED) is 0.332. The number of carbonyl (C=O) groups is 1. The van der Waals surface area contributed by atoms with Gasteiger partial charge in [-0.1, -0.05) is 79.6 Å². The van der Waals surface area contributed by atoms with Crippen LogP contribution < -0.4 is 15.8 Å². The summed E-state index contributed by atoms with van der Waals surface area (Å²) in [5.74, 6) is 0.619. The smallest absolute Gasteiger partial charge is 0.316 e. The van der Waals surface area contributed by atoms with Gasteiger partial charge in [0.05, 0.1) is 5.69 Å². The first-order valence-corrected chi connectivity index (χ1v) is 12.2. The van der Waals surface area contributed by atoms with Crippen molar-refractivity contribution in [1.82, 2.24) is 4.90 Å². The number of nitrogens with two attached hydrogens (primary N) is 1. The first kappa shape index (κ1) is 25.3. The lowest BCUT2D eigenvalue weighted by atomic mass is 10.1. The highest BCUT2D eigenvalue weighted by Gasteiger charge is 2.10. The maximum atomic E-state index is 11.6. The number of unbranched alkanes of at least 4 members (excludes halogenated alkanes) is 1. The zero-order chi connectivity index (χ0) is 24.2. The summed E-state index contributed by atoms with van der Waals surface area (Å²) >= 11 is 0. The lowest BCUT2D eigenvalue weighted by Gasteiger charge is -2.22. The van der Waals surface area contributed by atoms with Gasteiger partial charge in [-0.05, 0) is 61.6 Å². The Morgan fingerprint density at radius 2 is 1.56 bits per heavy atom. The third-order valence-electron chi connectivity index (χ3n) is 5.92. The van der Waals surface area contributed by atoms with Crippen LogP contribution in [0.2, 0.25) is 0 Å². The topological polar surface area (TPSA) is 67.6 Å². The average molecular weight is 460 g/mol. The molecule has 0 radical (unpaired) electrons. The van der Waals surface area contributed by atoms with Crippen molar-refractivity contribution >= 4 is 11.7 Å². The largest absolute Gasteiger partial charge is 0.487 e. The van der Waals surface area contributed by atoms with E-state index in [2.05, 4.69) is 54.4 Å². The highest BCUT2D eigenvalue weighted by atomic mass is 16.5. The average Bonchev–Trinajstić information content (AvgIpc) is 2.84. The summed E-state index contributed by atoms with van der Waals surface area (Å²) in [7, 11) is 0. The van der Waals surface area contributed by atoms with Gasteiger partial charge in [-0.2, -0.15) is 0 Å². The van der Waals surface area contributed by atoms with Crippen LogP contribution in [0.1, 0.15) is 42.0 Å². The summed E-state index contributed by atoms with van der Waals surface area (Å²) in [6.07, 6.45) is 4.31. The number of primary amides is 1. The van der Waals surface area contributed by atoms with Gasteiger partial charge in [0.25, 0.3) is 0 Å². The number of urea groups is 1. The van der Waals surface area contributed by atoms with Crippen molar-refractivity contribution in [2.24, 2.45) is 5.73 Å². The van der Waals surface area contributed by atoms with Crippen molar-refractivity contribution in [3.63, 3.8) is 0 Å². The number of ether oxygens (including phenoxy) is 1. The summed E-state index contributed by atoms with van der Waals surface area (Å²) in [6, 6.07) is 24.1. The van der Waals surface area contributed by atoms with Crippen LogP contribution in [0.5, 0.6) is 5.75 Å². The Hall–Kier alpha value is -3.31. The zero-order valence-electron chi connectivity index (χ0n) is 20.4. The van der Waals surface area contributed by atoms with Crippen molar-refractivity contribution in [1.29, 1.82) is 0 Å². The van der Waals surface area contributed by atoms with Gasteiger partial charge in [-0.3, -0.25) is 0 Å². The maximum Gasteiger partial charge on any atom is 0.316 e. The molecule has 0 aliphatic heterocycles. The second kappa shape index (κ2) is 13.4. The molecule has 0 bridgehead atoms. The van der Waals surface area contributed by atoms with Gasteiger partial charge in [0.1, 0.15) is 12.4 Å². The first-order valence-electron chi connectivity index (χ1n) is 12.2. The molecule has 0 atom stereocenters. The van der Waals surface area contributed by atoms with E-state index in [1.54, 1.807) is 0 Å². The molecule has 5 heteroatoms. The van der Waals surface area contributed by atoms with Gasteiger partial charge in [0.15, 0.2) is 0 Å². The Kier molecular flexibility index (Phi) is 9.98. The molecule has 0 saturated heterocycles. The second-order valence-electron chi connectivity index (χ2n) is 8.77. The van der Waals surface area contributed by atoms with E-state index in [9.17, 15) is 4.79 Å². The fraction of sp³-hybridized carbons (Fsp3) is 0.345. The summed E-state index contributed by atoms with van der Waals surface area (Å²) in [6.45, 7) is 7.87. The molecule has 2 amide bonds. The van der Waals surface area contributed by atoms with Crippen molar-refractivity contribution in [3.8, 4) is 5.75 Å². The van der Waals surface area contributed by atoms with E-state index in [4.69, 9.17) is 10.5 Å². The van der Waals surface area contributed by atoms with Crippen molar-refractivity contribution in [2.45, 2.75) is 46.1 Å². The van der Waals surface area contributed by atoms with Gasteiger partial charge in [0.2, 0.25) is 0 Å². The Morgan fingerprint density at radius 3 is 2.24 bits per heavy atom. The van der Waals surface area contributed by atoms with E-state index in [0.29, 0.717) is 18.0 Å². The number of benzene rings is 3. The number of amides is 2. The number of hydrogen-bond acceptors (Lipinski definition) is 3. The molecular weight excluding hydrogens is 422 g/mol. The number of rotatable bonds is 13. The van der Waals surface area contributed by atoms with Crippen LogP contribution in [0, 0.1) is 6.92 Å². The number of nitrogens with one attached hydrogen (secondary N) is 1. The monoisotopic (exact) mass is 459 g/mol. The molecule has 0 aromatic heterocycles. The minimum Gasteiger partial charge on any atom is -0.487 e. The Morgan fingerprint density at radius 1 is 0.882 bits per heavy atom. The van der Waals surface area contributed by atoms with Crippen LogP contribution in [0.3, 0.4) is 0 Å². The van der Waals surface area contributed by atoms with Crippen LogP contribution in [0.4, 0.5) is 10.5 Å². The van der Waals surface area contributed by atoms with Gasteiger partial charge < -0.3 is 20.7 Å². The number of nitrogens with zero attached hydrogens (tertiary/aromatic N) is 1. The molecule has 3 N–H and O–H groups in total. The third-order valence-corrected chi connectivity index (χ3v) is 5.92. The van der Waals surface area contributed by atoms with Crippen LogP contribution in [-0.4, -0.2) is 30.6 Å². The maximum absolute atomic E-state index is 11.6. The highest BCUT2D eigenvalue weighted by molar-refractivity contribution is 5.89. The molecule has 3 rings (SSSR count). The molecule has 180 valence electrons. The van der Waals surface area contributed by atoms with E-state index in [0.717, 1.165) is 43.6 Å². The minimum atomic E-state index is -0.593. The van der Waals surface area contributed by atoms with E-state index in [1.807, 2.05) is 42.5 Å². The van der Waals surface area contributed by atoms with E-state index in [1.165, 1.54) is 24.0 Å². The second-order valence-corrected chi connectivity index (χ2v) is 8.77. The van der Waals surface area contributed by atoms with E-state index < -0.39 is 6.03 Å². The molecule has 34 heavy (non-hydrogen) atoms. The standard InChI is InChI=1S/C29H37N3O2/c1-3-4-18-32(19-16-24-12-10-23(2)11-13-24)20-17-25-14-15-28(27(21-25)31-29(30)33)34-22-26-8-6-5-7-9-26/h5-15,21H,3-4,16-20,22H2,1-2H3,(H3,30,31,33). The molecule has 0 aliphatic rings. The minimum absolute atomic E-state index is 0.428. The molecule has 3 aromatic rings. The molecule has 0 aliphatic carbocycles. The number of anilines is 1. The summed E-state index contributed by atoms with van der Waals surface area (Å²) in [4.78, 5) is 14.1. The predicted molar refractivity (Wildman–Crippen MR) is 140 cm³/mol. The lowest BCUT2D eigenvalue weighted by Crippen LogP contribution is -2.29. The molecule has 0 heterocycles. The summed E-state index contributed by atoms with van der Waals surface area (Å²) < 4.78 is 5.97. The van der Waals surface area contributed by atoms with Crippen molar-refractivity contribution in [3.05, 3.63) is 95.1 Å². The summed E-state index contributed by atoms with van der Waals surface area (Å²) in [5.41, 5.74) is 10.9. The molecule has 3 aromatic carbocycles. The highest BCUT2D eigenvalue weighted by Crippen LogP contribution is 2.27. The zero-order valence-corrected chi connectivity index (χ0v) is 20.4. The number of aryl methyl sites for hydroxylation is 1. The van der Waals surface area contributed by atoms with Crippen LogP contribution in [0.25, 0.3) is 0 Å². The lowest BCUT2D eigenvalue weighted by molar-refractivity contribution is 0.259. The van der Waals surface area contributed by atoms with Crippen LogP contribution in [0.15, 0.2) is 72.8 Å². The van der Waals surface area contributed by atoms with Crippen molar-refractivity contribution < 1.29 is 9.53 Å². The van der Waals surface area contributed by atoms with Gasteiger partial charge in [-0.25, -0.2) is 4.79 Å². The first-order chi connectivity index (χ1) is 16.5. The Balaban J connectivity index is 1.62. The number of carbonyl (C=O) groups excluding carboxylic acids is 1. The summed E-state index contributed by atoms with van der Waals surface area (Å²) in [5, 5.41) is 2.72. The number of hydrogen-bond donors (Lipinski definition) is 2. The van der Waals surface area contributed by atoms with Crippen molar-refractivity contribution in [2.75, 3.05) is 25.0 Å². The SMILES string of the molecule is CCCCN(CCc1ccc(C)cc1)CCc1ccc(OCc2ccccc2)c(NC(N)=O)c1.